The molecule has 3 rings (SSSR count). The highest BCUT2D eigenvalue weighted by Gasteiger charge is 2.44. The van der Waals surface area contributed by atoms with Gasteiger partial charge in [0.1, 0.15) is 12.7 Å². The van der Waals surface area contributed by atoms with Crippen LogP contribution in [0.5, 0.6) is 0 Å². The fourth-order valence-electron chi connectivity index (χ4n) is 3.35. The summed E-state index contributed by atoms with van der Waals surface area (Å²) in [6, 6.07) is 0.462. The lowest BCUT2D eigenvalue weighted by Gasteiger charge is -2.32. The van der Waals surface area contributed by atoms with Crippen LogP contribution in [0.25, 0.3) is 0 Å². The molecule has 0 spiro atoms. The van der Waals surface area contributed by atoms with E-state index in [0.717, 1.165) is 32.4 Å². The van der Waals surface area contributed by atoms with E-state index < -0.39 is 0 Å². The molecule has 5 nitrogen and oxygen atoms in total. The van der Waals surface area contributed by atoms with Crippen LogP contribution < -0.4 is 0 Å². The molecule has 1 saturated heterocycles. The molecule has 0 N–H and O–H groups in total. The largest absolute Gasteiger partial charge is 0.342 e. The number of hydrogen-bond acceptors (Lipinski definition) is 3. The second-order valence-corrected chi connectivity index (χ2v) is 6.21. The standard InChI is InChI=1S/C15H24N4O/c1-2-3-4-12-9-14(12)15(20)18-7-5-13(6-8-18)19-10-16-17-11-19/h10-14H,2-9H2,1H3/t12-,14+/m1/s1. The van der Waals surface area contributed by atoms with Crippen molar-refractivity contribution in [2.75, 3.05) is 13.1 Å². The Labute approximate surface area is 120 Å². The third-order valence-corrected chi connectivity index (χ3v) is 4.80. The molecule has 2 atom stereocenters. The first kappa shape index (κ1) is 13.6. The summed E-state index contributed by atoms with van der Waals surface area (Å²) in [4.78, 5) is 14.5. The molecule has 2 heterocycles. The second kappa shape index (κ2) is 5.94. The van der Waals surface area contributed by atoms with Crippen molar-refractivity contribution in [1.82, 2.24) is 19.7 Å². The highest BCUT2D eigenvalue weighted by atomic mass is 16.2. The van der Waals surface area contributed by atoms with Gasteiger partial charge in [-0.15, -0.1) is 10.2 Å². The molecular weight excluding hydrogens is 252 g/mol. The molecule has 1 aliphatic carbocycles. The number of carbonyl (C=O) groups excluding carboxylic acids is 1. The highest BCUT2D eigenvalue weighted by Crippen LogP contribution is 2.44. The summed E-state index contributed by atoms with van der Waals surface area (Å²) >= 11 is 0. The van der Waals surface area contributed by atoms with E-state index in [1.807, 2.05) is 0 Å². The van der Waals surface area contributed by atoms with E-state index in [9.17, 15) is 4.79 Å². The number of unbranched alkanes of at least 4 members (excludes halogenated alkanes) is 1. The van der Waals surface area contributed by atoms with Crippen LogP contribution in [-0.4, -0.2) is 38.7 Å². The van der Waals surface area contributed by atoms with Crippen LogP contribution >= 0.6 is 0 Å². The molecule has 0 radical (unpaired) electrons. The van der Waals surface area contributed by atoms with Gasteiger partial charge in [0.2, 0.25) is 5.91 Å². The molecule has 20 heavy (non-hydrogen) atoms. The monoisotopic (exact) mass is 276 g/mol. The van der Waals surface area contributed by atoms with Crippen molar-refractivity contribution in [1.29, 1.82) is 0 Å². The molecule has 0 bridgehead atoms. The van der Waals surface area contributed by atoms with Crippen molar-refractivity contribution >= 4 is 5.91 Å². The zero-order chi connectivity index (χ0) is 13.9. The molecule has 2 fully saturated rings. The van der Waals surface area contributed by atoms with Crippen LogP contribution in [0.1, 0.15) is 51.5 Å². The lowest BCUT2D eigenvalue weighted by atomic mass is 10.0. The van der Waals surface area contributed by atoms with E-state index in [4.69, 9.17) is 0 Å². The van der Waals surface area contributed by atoms with Crippen molar-refractivity contribution < 1.29 is 4.79 Å². The molecule has 1 aromatic rings. The summed E-state index contributed by atoms with van der Waals surface area (Å²) in [6.45, 7) is 3.99. The lowest BCUT2D eigenvalue weighted by Crippen LogP contribution is -2.40. The first-order chi connectivity index (χ1) is 9.79. The van der Waals surface area contributed by atoms with Crippen LogP contribution in [0, 0.1) is 11.8 Å². The summed E-state index contributed by atoms with van der Waals surface area (Å²) in [5.41, 5.74) is 0. The van der Waals surface area contributed by atoms with E-state index >= 15 is 0 Å². The van der Waals surface area contributed by atoms with Gasteiger partial charge in [0.15, 0.2) is 0 Å². The number of carbonyl (C=O) groups is 1. The first-order valence-corrected chi connectivity index (χ1v) is 7.92. The van der Waals surface area contributed by atoms with Gasteiger partial charge in [0.25, 0.3) is 0 Å². The van der Waals surface area contributed by atoms with Crippen molar-refractivity contribution in [2.45, 2.75) is 51.5 Å². The average Bonchev–Trinajstić information content (AvgIpc) is 3.05. The Morgan fingerprint density at radius 2 is 1.95 bits per heavy atom. The molecule has 1 aromatic heterocycles. The van der Waals surface area contributed by atoms with Crippen molar-refractivity contribution in [3.05, 3.63) is 12.7 Å². The van der Waals surface area contributed by atoms with Crippen molar-refractivity contribution in [3.63, 3.8) is 0 Å². The van der Waals surface area contributed by atoms with Gasteiger partial charge in [-0.1, -0.05) is 19.8 Å². The summed E-state index contributed by atoms with van der Waals surface area (Å²) in [6.07, 6.45) is 10.5. The minimum Gasteiger partial charge on any atom is -0.342 e. The van der Waals surface area contributed by atoms with Crippen LogP contribution in [0.15, 0.2) is 12.7 Å². The summed E-state index contributed by atoms with van der Waals surface area (Å²) in [7, 11) is 0. The van der Waals surface area contributed by atoms with Gasteiger partial charge in [0, 0.05) is 25.0 Å². The normalized spacial score (nSPS) is 26.8. The molecule has 2 aliphatic rings. The van der Waals surface area contributed by atoms with Gasteiger partial charge in [0.05, 0.1) is 0 Å². The number of hydrogen-bond donors (Lipinski definition) is 0. The summed E-state index contributed by atoms with van der Waals surface area (Å²) in [5.74, 6) is 1.43. The molecule has 1 saturated carbocycles. The third kappa shape index (κ3) is 2.86. The number of aromatic nitrogens is 3. The predicted octanol–water partition coefficient (Wildman–Crippen LogP) is 2.27. The zero-order valence-corrected chi connectivity index (χ0v) is 12.2. The Morgan fingerprint density at radius 1 is 1.25 bits per heavy atom. The molecule has 5 heteroatoms. The highest BCUT2D eigenvalue weighted by molar-refractivity contribution is 5.81. The summed E-state index contributed by atoms with van der Waals surface area (Å²) < 4.78 is 2.07. The van der Waals surface area contributed by atoms with Gasteiger partial charge in [-0.25, -0.2) is 0 Å². The van der Waals surface area contributed by atoms with Crippen LogP contribution in [0.2, 0.25) is 0 Å². The SMILES string of the molecule is CCCC[C@@H]1C[C@@H]1C(=O)N1CCC(n2cnnc2)CC1. The van der Waals surface area contributed by atoms with Gasteiger partial charge in [-0.2, -0.15) is 0 Å². The minimum absolute atomic E-state index is 0.341. The van der Waals surface area contributed by atoms with Gasteiger partial charge in [-0.3, -0.25) is 4.79 Å². The maximum Gasteiger partial charge on any atom is 0.225 e. The fourth-order valence-corrected chi connectivity index (χ4v) is 3.35. The quantitative estimate of drug-likeness (QED) is 0.829. The van der Waals surface area contributed by atoms with Gasteiger partial charge < -0.3 is 9.47 Å². The topological polar surface area (TPSA) is 51.0 Å². The van der Waals surface area contributed by atoms with Crippen LogP contribution in [-0.2, 0) is 4.79 Å². The van der Waals surface area contributed by atoms with Gasteiger partial charge in [-0.05, 0) is 31.6 Å². The number of amides is 1. The van der Waals surface area contributed by atoms with Crippen molar-refractivity contribution in [2.24, 2.45) is 11.8 Å². The number of rotatable bonds is 5. The zero-order valence-electron chi connectivity index (χ0n) is 12.2. The van der Waals surface area contributed by atoms with Crippen molar-refractivity contribution in [3.8, 4) is 0 Å². The van der Waals surface area contributed by atoms with E-state index in [2.05, 4.69) is 26.6 Å². The molecular formula is C15H24N4O. The number of nitrogens with zero attached hydrogens (tertiary/aromatic N) is 4. The minimum atomic E-state index is 0.341. The molecule has 1 amide bonds. The Hall–Kier alpha value is -1.39. The predicted molar refractivity (Wildman–Crippen MR) is 76.0 cm³/mol. The van der Waals surface area contributed by atoms with E-state index in [-0.39, 0.29) is 0 Å². The Morgan fingerprint density at radius 3 is 2.60 bits per heavy atom. The number of likely N-dealkylation sites (tertiary alicyclic amines) is 1. The van der Waals surface area contributed by atoms with Gasteiger partial charge >= 0.3 is 0 Å². The van der Waals surface area contributed by atoms with E-state index in [1.54, 1.807) is 12.7 Å². The van der Waals surface area contributed by atoms with E-state index in [1.165, 1.54) is 19.3 Å². The Bertz CT molecular complexity index is 437. The molecule has 0 aromatic carbocycles. The van der Waals surface area contributed by atoms with Crippen LogP contribution in [0.3, 0.4) is 0 Å². The average molecular weight is 276 g/mol. The number of piperidine rings is 1. The Balaban J connectivity index is 1.45. The van der Waals surface area contributed by atoms with E-state index in [0.29, 0.717) is 23.8 Å². The summed E-state index contributed by atoms with van der Waals surface area (Å²) in [5, 5.41) is 7.72. The maximum absolute atomic E-state index is 12.4. The molecule has 110 valence electrons. The molecule has 1 aliphatic heterocycles. The lowest BCUT2D eigenvalue weighted by molar-refractivity contribution is -0.134. The maximum atomic E-state index is 12.4. The third-order valence-electron chi connectivity index (χ3n) is 4.80. The van der Waals surface area contributed by atoms with Crippen LogP contribution in [0.4, 0.5) is 0 Å². The molecule has 0 unspecified atom stereocenters. The second-order valence-electron chi connectivity index (χ2n) is 6.21. The Kier molecular flexibility index (Phi) is 4.03. The smallest absolute Gasteiger partial charge is 0.225 e. The fraction of sp³-hybridized carbons (Fsp3) is 0.800. The first-order valence-electron chi connectivity index (χ1n) is 7.92.